The Balaban J connectivity index is 2.16. The molecule has 1 aliphatic carbocycles. The summed E-state index contributed by atoms with van der Waals surface area (Å²) in [6, 6.07) is 7.98. The summed E-state index contributed by atoms with van der Waals surface area (Å²) in [5.41, 5.74) is 5.10. The zero-order chi connectivity index (χ0) is 14.3. The van der Waals surface area contributed by atoms with Gasteiger partial charge in [0.15, 0.2) is 5.78 Å². The number of furan rings is 1. The minimum absolute atomic E-state index is 0.236. The Labute approximate surface area is 118 Å². The highest BCUT2D eigenvalue weighted by Gasteiger charge is 2.27. The molecule has 2 aromatic rings. The summed E-state index contributed by atoms with van der Waals surface area (Å²) >= 11 is 0. The van der Waals surface area contributed by atoms with Crippen molar-refractivity contribution in [3.8, 4) is 0 Å². The van der Waals surface area contributed by atoms with Crippen LogP contribution in [0.4, 0.5) is 0 Å². The van der Waals surface area contributed by atoms with E-state index in [0.29, 0.717) is 6.42 Å². The first-order chi connectivity index (χ1) is 9.58. The average molecular weight is 266 g/mol. The molecule has 102 valence electrons. The van der Waals surface area contributed by atoms with E-state index in [0.717, 1.165) is 39.7 Å². The predicted octanol–water partition coefficient (Wildman–Crippen LogP) is 4.76. The molecule has 2 heteroatoms. The van der Waals surface area contributed by atoms with Crippen molar-refractivity contribution < 1.29 is 9.21 Å². The second-order valence-corrected chi connectivity index (χ2v) is 5.62. The topological polar surface area (TPSA) is 30.2 Å². The molecule has 1 aliphatic rings. The van der Waals surface area contributed by atoms with Crippen LogP contribution >= 0.6 is 0 Å². The lowest BCUT2D eigenvalue weighted by molar-refractivity contribution is -0.116. The van der Waals surface area contributed by atoms with E-state index < -0.39 is 0 Å². The van der Waals surface area contributed by atoms with Crippen LogP contribution in [0.2, 0.25) is 0 Å². The van der Waals surface area contributed by atoms with Gasteiger partial charge in [-0.05, 0) is 55.0 Å². The fourth-order valence-electron chi connectivity index (χ4n) is 2.93. The second kappa shape index (κ2) is 4.78. The van der Waals surface area contributed by atoms with Crippen molar-refractivity contribution in [2.24, 2.45) is 5.92 Å². The van der Waals surface area contributed by atoms with Crippen LogP contribution in [0.1, 0.15) is 32.3 Å². The number of carbonyl (C=O) groups excluding carboxylic acids is 1. The van der Waals surface area contributed by atoms with E-state index in [9.17, 15) is 4.79 Å². The van der Waals surface area contributed by atoms with E-state index in [1.165, 1.54) is 0 Å². The van der Waals surface area contributed by atoms with Crippen LogP contribution in [0.5, 0.6) is 0 Å². The SMILES string of the molecule is C=C(C)C1CC(=O)C(C)=C(c2cccc3occc23)C1. The molecule has 2 nitrogen and oxygen atoms in total. The molecule has 0 saturated heterocycles. The highest BCUT2D eigenvalue weighted by atomic mass is 16.3. The molecule has 0 saturated carbocycles. The van der Waals surface area contributed by atoms with Crippen molar-refractivity contribution in [1.82, 2.24) is 0 Å². The third-order valence-electron chi connectivity index (χ3n) is 4.27. The normalized spacial score (nSPS) is 19.7. The molecule has 1 aromatic heterocycles. The molecule has 1 heterocycles. The van der Waals surface area contributed by atoms with E-state index in [4.69, 9.17) is 4.42 Å². The molecule has 0 amide bonds. The van der Waals surface area contributed by atoms with Crippen molar-refractivity contribution in [2.45, 2.75) is 26.7 Å². The van der Waals surface area contributed by atoms with Crippen molar-refractivity contribution >= 4 is 22.3 Å². The summed E-state index contributed by atoms with van der Waals surface area (Å²) in [5, 5.41) is 1.08. The van der Waals surface area contributed by atoms with Crippen LogP contribution in [0, 0.1) is 5.92 Å². The first-order valence-corrected chi connectivity index (χ1v) is 6.93. The van der Waals surface area contributed by atoms with Crippen molar-refractivity contribution in [2.75, 3.05) is 0 Å². The van der Waals surface area contributed by atoms with Gasteiger partial charge in [-0.25, -0.2) is 0 Å². The fourth-order valence-corrected chi connectivity index (χ4v) is 2.93. The Hall–Kier alpha value is -2.09. The van der Waals surface area contributed by atoms with E-state index in [1.54, 1.807) is 6.26 Å². The van der Waals surface area contributed by atoms with Gasteiger partial charge >= 0.3 is 0 Å². The maximum Gasteiger partial charge on any atom is 0.159 e. The lowest BCUT2D eigenvalue weighted by Crippen LogP contribution is -2.18. The smallest absolute Gasteiger partial charge is 0.159 e. The number of benzene rings is 1. The minimum Gasteiger partial charge on any atom is -0.464 e. The van der Waals surface area contributed by atoms with Crippen LogP contribution in [0.15, 0.2) is 52.7 Å². The van der Waals surface area contributed by atoms with Crippen molar-refractivity contribution in [3.63, 3.8) is 0 Å². The highest BCUT2D eigenvalue weighted by molar-refractivity contribution is 6.06. The molecular formula is C18H18O2. The number of carbonyl (C=O) groups is 1. The van der Waals surface area contributed by atoms with Crippen molar-refractivity contribution in [1.29, 1.82) is 0 Å². The third-order valence-corrected chi connectivity index (χ3v) is 4.27. The van der Waals surface area contributed by atoms with Gasteiger partial charge in [-0.1, -0.05) is 24.3 Å². The second-order valence-electron chi connectivity index (χ2n) is 5.62. The third kappa shape index (κ3) is 2.01. The number of ketones is 1. The van der Waals surface area contributed by atoms with Crippen LogP contribution in [0.3, 0.4) is 0 Å². The molecular weight excluding hydrogens is 248 g/mol. The highest BCUT2D eigenvalue weighted by Crippen LogP contribution is 2.39. The van der Waals surface area contributed by atoms with E-state index >= 15 is 0 Å². The standard InChI is InChI=1S/C18H18O2/c1-11(2)13-9-16(12(3)17(19)10-13)14-5-4-6-18-15(14)7-8-20-18/h4-8,13H,1,9-10H2,2-3H3. The van der Waals surface area contributed by atoms with E-state index in [1.807, 2.05) is 32.0 Å². The summed E-state index contributed by atoms with van der Waals surface area (Å²) in [5.74, 6) is 0.489. The molecule has 1 aromatic carbocycles. The van der Waals surface area contributed by atoms with Crippen LogP contribution < -0.4 is 0 Å². The zero-order valence-electron chi connectivity index (χ0n) is 11.9. The molecule has 0 radical (unpaired) electrons. The van der Waals surface area contributed by atoms with Gasteiger partial charge in [0.2, 0.25) is 0 Å². The lowest BCUT2D eigenvalue weighted by atomic mass is 9.77. The number of rotatable bonds is 2. The van der Waals surface area contributed by atoms with Crippen LogP contribution in [-0.4, -0.2) is 5.78 Å². The largest absolute Gasteiger partial charge is 0.464 e. The molecule has 3 rings (SSSR count). The minimum atomic E-state index is 0.236. The fraction of sp³-hybridized carbons (Fsp3) is 0.278. The Bertz CT molecular complexity index is 731. The number of Topliss-reactive ketones (excluding diaryl/α,β-unsaturated/α-hetero) is 1. The van der Waals surface area contributed by atoms with Gasteiger partial charge in [-0.2, -0.15) is 0 Å². The Kier molecular flexibility index (Phi) is 3.09. The quantitative estimate of drug-likeness (QED) is 0.733. The van der Waals surface area contributed by atoms with Crippen molar-refractivity contribution in [3.05, 3.63) is 53.8 Å². The Morgan fingerprint density at radius 2 is 2.10 bits per heavy atom. The van der Waals surface area contributed by atoms with Gasteiger partial charge < -0.3 is 4.42 Å². The molecule has 0 bridgehead atoms. The van der Waals surface area contributed by atoms with Gasteiger partial charge in [0.25, 0.3) is 0 Å². The van der Waals surface area contributed by atoms with Gasteiger partial charge in [-0.15, -0.1) is 0 Å². The monoisotopic (exact) mass is 266 g/mol. The molecule has 20 heavy (non-hydrogen) atoms. The summed E-state index contributed by atoms with van der Waals surface area (Å²) in [6.45, 7) is 7.97. The Morgan fingerprint density at radius 1 is 1.30 bits per heavy atom. The molecule has 1 unspecified atom stereocenters. The Morgan fingerprint density at radius 3 is 2.85 bits per heavy atom. The first-order valence-electron chi connectivity index (χ1n) is 6.93. The maximum atomic E-state index is 12.2. The van der Waals surface area contributed by atoms with Gasteiger partial charge in [0.05, 0.1) is 6.26 Å². The molecule has 1 atom stereocenters. The lowest BCUT2D eigenvalue weighted by Gasteiger charge is -2.26. The maximum absolute atomic E-state index is 12.2. The predicted molar refractivity (Wildman–Crippen MR) is 81.4 cm³/mol. The molecule has 0 fully saturated rings. The number of fused-ring (bicyclic) bond motifs is 1. The summed E-state index contributed by atoms with van der Waals surface area (Å²) in [6.07, 6.45) is 3.17. The van der Waals surface area contributed by atoms with Gasteiger partial charge in [-0.3, -0.25) is 4.79 Å². The molecule has 0 aliphatic heterocycles. The summed E-state index contributed by atoms with van der Waals surface area (Å²) in [4.78, 5) is 12.2. The van der Waals surface area contributed by atoms with Gasteiger partial charge in [0, 0.05) is 11.8 Å². The number of hydrogen-bond acceptors (Lipinski definition) is 2. The van der Waals surface area contributed by atoms with Crippen LogP contribution in [0.25, 0.3) is 16.5 Å². The average Bonchev–Trinajstić information content (AvgIpc) is 2.89. The zero-order valence-corrected chi connectivity index (χ0v) is 11.9. The molecule has 0 N–H and O–H groups in total. The van der Waals surface area contributed by atoms with Crippen LogP contribution in [-0.2, 0) is 4.79 Å². The number of allylic oxidation sites excluding steroid dienone is 3. The molecule has 0 spiro atoms. The first kappa shape index (κ1) is 12.9. The number of hydrogen-bond donors (Lipinski definition) is 0. The van der Waals surface area contributed by atoms with Gasteiger partial charge in [0.1, 0.15) is 5.58 Å². The van der Waals surface area contributed by atoms with E-state index in [2.05, 4.69) is 12.6 Å². The summed E-state index contributed by atoms with van der Waals surface area (Å²) < 4.78 is 5.46. The van der Waals surface area contributed by atoms with E-state index in [-0.39, 0.29) is 11.7 Å². The summed E-state index contributed by atoms with van der Waals surface area (Å²) in [7, 11) is 0.